The summed E-state index contributed by atoms with van der Waals surface area (Å²) < 4.78 is 5.04. The van der Waals surface area contributed by atoms with Gasteiger partial charge in [0.05, 0.1) is 0 Å². The lowest BCUT2D eigenvalue weighted by Gasteiger charge is -1.97. The van der Waals surface area contributed by atoms with Crippen molar-refractivity contribution in [3.8, 4) is 11.3 Å². The highest BCUT2D eigenvalue weighted by atomic mass is 16.4. The molecular formula is C11H9NO3. The Bertz CT molecular complexity index is 462. The van der Waals surface area contributed by atoms with E-state index in [1.165, 1.54) is 6.39 Å². The Kier molecular flexibility index (Phi) is 2.49. The smallest absolute Gasteiger partial charge is 0.311 e. The summed E-state index contributed by atoms with van der Waals surface area (Å²) in [6.07, 6.45) is 1.12. The zero-order valence-electron chi connectivity index (χ0n) is 7.88. The van der Waals surface area contributed by atoms with E-state index in [1.807, 2.05) is 30.3 Å². The van der Waals surface area contributed by atoms with Gasteiger partial charge in [-0.1, -0.05) is 30.3 Å². The summed E-state index contributed by atoms with van der Waals surface area (Å²) in [5, 5.41) is 8.67. The molecule has 2 rings (SSSR count). The van der Waals surface area contributed by atoms with Crippen LogP contribution in [-0.4, -0.2) is 16.1 Å². The molecule has 0 fully saturated rings. The van der Waals surface area contributed by atoms with Crippen molar-refractivity contribution in [2.45, 2.75) is 6.42 Å². The third-order valence-corrected chi connectivity index (χ3v) is 2.00. The quantitative estimate of drug-likeness (QED) is 0.828. The second-order valence-electron chi connectivity index (χ2n) is 3.06. The van der Waals surface area contributed by atoms with E-state index in [-0.39, 0.29) is 6.42 Å². The van der Waals surface area contributed by atoms with Crippen LogP contribution in [0.2, 0.25) is 0 Å². The van der Waals surface area contributed by atoms with Gasteiger partial charge < -0.3 is 9.52 Å². The van der Waals surface area contributed by atoms with Gasteiger partial charge >= 0.3 is 5.97 Å². The van der Waals surface area contributed by atoms with Gasteiger partial charge in [0.25, 0.3) is 0 Å². The van der Waals surface area contributed by atoms with E-state index in [0.717, 1.165) is 5.56 Å². The Morgan fingerprint density at radius 3 is 2.73 bits per heavy atom. The summed E-state index contributed by atoms with van der Waals surface area (Å²) in [6, 6.07) is 9.36. The predicted octanol–water partition coefficient (Wildman–Crippen LogP) is 1.97. The summed E-state index contributed by atoms with van der Waals surface area (Å²) in [7, 11) is 0. The van der Waals surface area contributed by atoms with E-state index in [9.17, 15) is 4.79 Å². The highest BCUT2D eigenvalue weighted by molar-refractivity contribution is 5.73. The number of aliphatic carboxylic acids is 1. The lowest BCUT2D eigenvalue weighted by atomic mass is 10.1. The molecule has 1 aromatic carbocycles. The second-order valence-corrected chi connectivity index (χ2v) is 3.06. The van der Waals surface area contributed by atoms with Crippen molar-refractivity contribution in [1.82, 2.24) is 4.98 Å². The number of benzene rings is 1. The lowest BCUT2D eigenvalue weighted by molar-refractivity contribution is -0.136. The average molecular weight is 203 g/mol. The SMILES string of the molecule is O=C(O)Cc1ocnc1-c1ccccc1. The fourth-order valence-electron chi connectivity index (χ4n) is 1.36. The van der Waals surface area contributed by atoms with Crippen LogP contribution in [0.25, 0.3) is 11.3 Å². The maximum absolute atomic E-state index is 10.6. The number of hydrogen-bond acceptors (Lipinski definition) is 3. The monoisotopic (exact) mass is 203 g/mol. The van der Waals surface area contributed by atoms with Crippen molar-refractivity contribution in [2.24, 2.45) is 0 Å². The minimum Gasteiger partial charge on any atom is -0.481 e. The van der Waals surface area contributed by atoms with Crippen molar-refractivity contribution in [3.05, 3.63) is 42.5 Å². The molecule has 0 radical (unpaired) electrons. The fraction of sp³-hybridized carbons (Fsp3) is 0.0909. The number of carbonyl (C=O) groups is 1. The number of nitrogens with zero attached hydrogens (tertiary/aromatic N) is 1. The topological polar surface area (TPSA) is 63.3 Å². The third kappa shape index (κ3) is 2.04. The molecule has 1 heterocycles. The van der Waals surface area contributed by atoms with Gasteiger partial charge in [-0.3, -0.25) is 4.79 Å². The van der Waals surface area contributed by atoms with Crippen LogP contribution >= 0.6 is 0 Å². The molecule has 4 heteroatoms. The largest absolute Gasteiger partial charge is 0.481 e. The van der Waals surface area contributed by atoms with Crippen LogP contribution in [0.5, 0.6) is 0 Å². The van der Waals surface area contributed by atoms with Crippen LogP contribution in [-0.2, 0) is 11.2 Å². The zero-order valence-corrected chi connectivity index (χ0v) is 7.88. The molecule has 0 saturated heterocycles. The lowest BCUT2D eigenvalue weighted by Crippen LogP contribution is -2.00. The molecule has 76 valence electrons. The Labute approximate surface area is 86.2 Å². The van der Waals surface area contributed by atoms with Gasteiger partial charge in [0.15, 0.2) is 6.39 Å². The van der Waals surface area contributed by atoms with Crippen LogP contribution in [0.15, 0.2) is 41.1 Å². The van der Waals surface area contributed by atoms with Gasteiger partial charge in [-0.25, -0.2) is 4.98 Å². The standard InChI is InChI=1S/C11H9NO3/c13-10(14)6-9-11(12-7-15-9)8-4-2-1-3-5-8/h1-5,7H,6H2,(H,13,14). The van der Waals surface area contributed by atoms with E-state index in [0.29, 0.717) is 11.5 Å². The van der Waals surface area contributed by atoms with E-state index in [2.05, 4.69) is 4.98 Å². The summed E-state index contributed by atoms with van der Waals surface area (Å²) in [6.45, 7) is 0. The van der Waals surface area contributed by atoms with Gasteiger partial charge in [0, 0.05) is 5.56 Å². The highest BCUT2D eigenvalue weighted by Crippen LogP contribution is 2.21. The number of rotatable bonds is 3. The number of oxazole rings is 1. The molecule has 15 heavy (non-hydrogen) atoms. The fourth-order valence-corrected chi connectivity index (χ4v) is 1.36. The summed E-state index contributed by atoms with van der Waals surface area (Å²) in [4.78, 5) is 14.6. The summed E-state index contributed by atoms with van der Waals surface area (Å²) in [5.74, 6) is -0.544. The number of aromatic nitrogens is 1. The Hall–Kier alpha value is -2.10. The maximum atomic E-state index is 10.6. The van der Waals surface area contributed by atoms with Crippen molar-refractivity contribution >= 4 is 5.97 Å². The van der Waals surface area contributed by atoms with Gasteiger partial charge in [-0.05, 0) is 0 Å². The van der Waals surface area contributed by atoms with E-state index in [1.54, 1.807) is 0 Å². The molecule has 0 unspecified atom stereocenters. The molecule has 0 bridgehead atoms. The second kappa shape index (κ2) is 3.96. The summed E-state index contributed by atoms with van der Waals surface area (Å²) >= 11 is 0. The molecule has 0 aliphatic heterocycles. The molecule has 0 aliphatic rings. The number of carboxylic acids is 1. The number of carboxylic acid groups (broad SMARTS) is 1. The predicted molar refractivity (Wildman–Crippen MR) is 53.3 cm³/mol. The van der Waals surface area contributed by atoms with Crippen molar-refractivity contribution in [1.29, 1.82) is 0 Å². The maximum Gasteiger partial charge on any atom is 0.311 e. The molecule has 0 atom stereocenters. The first-order chi connectivity index (χ1) is 7.27. The Morgan fingerprint density at radius 1 is 1.33 bits per heavy atom. The molecule has 0 spiro atoms. The number of hydrogen-bond donors (Lipinski definition) is 1. The molecular weight excluding hydrogens is 194 g/mol. The van der Waals surface area contributed by atoms with Crippen molar-refractivity contribution in [2.75, 3.05) is 0 Å². The van der Waals surface area contributed by atoms with Gasteiger partial charge in [-0.2, -0.15) is 0 Å². The Balaban J connectivity index is 2.37. The first kappa shape index (κ1) is 9.45. The first-order valence-corrected chi connectivity index (χ1v) is 4.47. The van der Waals surface area contributed by atoms with Gasteiger partial charge in [0.1, 0.15) is 17.9 Å². The summed E-state index contributed by atoms with van der Waals surface area (Å²) in [5.41, 5.74) is 1.46. The minimum absolute atomic E-state index is 0.149. The highest BCUT2D eigenvalue weighted by Gasteiger charge is 2.13. The third-order valence-electron chi connectivity index (χ3n) is 2.00. The van der Waals surface area contributed by atoms with Crippen LogP contribution < -0.4 is 0 Å². The zero-order chi connectivity index (χ0) is 10.7. The van der Waals surface area contributed by atoms with Crippen LogP contribution in [0.3, 0.4) is 0 Å². The molecule has 0 amide bonds. The molecule has 0 saturated carbocycles. The van der Waals surface area contributed by atoms with Crippen LogP contribution in [0.4, 0.5) is 0 Å². The normalized spacial score (nSPS) is 10.1. The van der Waals surface area contributed by atoms with Crippen molar-refractivity contribution < 1.29 is 14.3 Å². The molecule has 2 aromatic rings. The minimum atomic E-state index is -0.927. The molecule has 1 N–H and O–H groups in total. The Morgan fingerprint density at radius 2 is 2.07 bits per heavy atom. The van der Waals surface area contributed by atoms with E-state index < -0.39 is 5.97 Å². The van der Waals surface area contributed by atoms with E-state index in [4.69, 9.17) is 9.52 Å². The van der Waals surface area contributed by atoms with Crippen LogP contribution in [0, 0.1) is 0 Å². The average Bonchev–Trinajstić information content (AvgIpc) is 2.66. The van der Waals surface area contributed by atoms with Gasteiger partial charge in [0.2, 0.25) is 0 Å². The first-order valence-electron chi connectivity index (χ1n) is 4.47. The molecule has 4 nitrogen and oxygen atoms in total. The van der Waals surface area contributed by atoms with Crippen molar-refractivity contribution in [3.63, 3.8) is 0 Å². The van der Waals surface area contributed by atoms with Gasteiger partial charge in [-0.15, -0.1) is 0 Å². The molecule has 1 aromatic heterocycles. The molecule has 0 aliphatic carbocycles. The van der Waals surface area contributed by atoms with E-state index >= 15 is 0 Å². The van der Waals surface area contributed by atoms with Crippen LogP contribution in [0.1, 0.15) is 5.76 Å².